The molecule has 1 fully saturated rings. The lowest BCUT2D eigenvalue weighted by Crippen LogP contribution is -2.49. The molecule has 0 spiro atoms. The highest BCUT2D eigenvalue weighted by molar-refractivity contribution is 14.0. The zero-order valence-corrected chi connectivity index (χ0v) is 16.8. The molecule has 3 N–H and O–H groups in total. The molecular weight excluding hydrogens is 409 g/mol. The Morgan fingerprint density at radius 1 is 1.22 bits per heavy atom. The molecule has 0 aromatic carbocycles. The van der Waals surface area contributed by atoms with Crippen LogP contribution < -0.4 is 16.0 Å². The molecule has 0 saturated carbocycles. The van der Waals surface area contributed by atoms with Gasteiger partial charge in [0.2, 0.25) is 11.8 Å². The number of carbonyl (C=O) groups is 2. The number of hydrogen-bond acceptors (Lipinski definition) is 3. The van der Waals surface area contributed by atoms with Crippen LogP contribution in [0.2, 0.25) is 0 Å². The third kappa shape index (κ3) is 8.38. The molecule has 0 unspecified atom stereocenters. The van der Waals surface area contributed by atoms with E-state index >= 15 is 0 Å². The van der Waals surface area contributed by atoms with Gasteiger partial charge < -0.3 is 20.9 Å². The number of halogens is 1. The smallest absolute Gasteiger partial charge is 0.239 e. The number of piperidine rings is 1. The Labute approximate surface area is 156 Å². The van der Waals surface area contributed by atoms with E-state index in [4.69, 9.17) is 0 Å². The molecule has 0 aliphatic carbocycles. The van der Waals surface area contributed by atoms with Crippen LogP contribution in [0.3, 0.4) is 0 Å². The second-order valence-electron chi connectivity index (χ2n) is 5.93. The monoisotopic (exact) mass is 439 g/mol. The highest BCUT2D eigenvalue weighted by Gasteiger charge is 2.23. The Hall–Kier alpha value is -1.06. The number of rotatable bonds is 5. The maximum Gasteiger partial charge on any atom is 0.239 e. The molecule has 0 bridgehead atoms. The lowest BCUT2D eigenvalue weighted by atomic mass is 9.93. The topological polar surface area (TPSA) is 85.8 Å². The molecule has 0 aromatic heterocycles. The average molecular weight is 439 g/mol. The molecule has 134 valence electrons. The van der Waals surface area contributed by atoms with Gasteiger partial charge in [-0.1, -0.05) is 0 Å². The van der Waals surface area contributed by atoms with Crippen molar-refractivity contribution < 1.29 is 9.59 Å². The van der Waals surface area contributed by atoms with E-state index in [1.807, 2.05) is 13.8 Å². The second-order valence-corrected chi connectivity index (χ2v) is 5.93. The van der Waals surface area contributed by atoms with Crippen LogP contribution in [-0.4, -0.2) is 62.4 Å². The first-order valence-corrected chi connectivity index (χ1v) is 7.91. The summed E-state index contributed by atoms with van der Waals surface area (Å²) in [6, 6.07) is 0.136. The maximum atomic E-state index is 11.7. The van der Waals surface area contributed by atoms with Crippen molar-refractivity contribution in [2.24, 2.45) is 10.9 Å². The van der Waals surface area contributed by atoms with Crippen molar-refractivity contribution in [2.75, 3.05) is 33.7 Å². The van der Waals surface area contributed by atoms with Crippen LogP contribution in [-0.2, 0) is 9.59 Å². The summed E-state index contributed by atoms with van der Waals surface area (Å²) in [5.74, 6) is 1.24. The number of carbonyl (C=O) groups excluding carboxylic acids is 2. The summed E-state index contributed by atoms with van der Waals surface area (Å²) in [4.78, 5) is 29.5. The summed E-state index contributed by atoms with van der Waals surface area (Å²) in [5.41, 5.74) is 0. The van der Waals surface area contributed by atoms with Crippen molar-refractivity contribution in [3.05, 3.63) is 0 Å². The fourth-order valence-electron chi connectivity index (χ4n) is 2.58. The van der Waals surface area contributed by atoms with Crippen LogP contribution in [0, 0.1) is 5.92 Å². The van der Waals surface area contributed by atoms with Gasteiger partial charge in [0.05, 0.1) is 6.54 Å². The Kier molecular flexibility index (Phi) is 10.9. The molecular formula is C15H30IN5O2. The minimum absolute atomic E-state index is 0. The van der Waals surface area contributed by atoms with Crippen LogP contribution >= 0.6 is 24.0 Å². The normalized spacial score (nSPS) is 15.9. The standard InChI is InChI=1S/C15H29N5O2.HI/c1-11(2)19-14(22)10-18-15(17-4)20-7-5-12(6-8-20)9-13(21)16-3;/h11-12H,5-10H2,1-4H3,(H,16,21)(H,17,18)(H,19,22);1H. The van der Waals surface area contributed by atoms with E-state index in [-0.39, 0.29) is 48.4 Å². The van der Waals surface area contributed by atoms with Gasteiger partial charge in [-0.3, -0.25) is 14.6 Å². The van der Waals surface area contributed by atoms with Crippen molar-refractivity contribution in [1.29, 1.82) is 0 Å². The van der Waals surface area contributed by atoms with Crippen molar-refractivity contribution in [3.8, 4) is 0 Å². The summed E-state index contributed by atoms with van der Waals surface area (Å²) in [6.45, 7) is 5.80. The lowest BCUT2D eigenvalue weighted by Gasteiger charge is -2.34. The fraction of sp³-hybridized carbons (Fsp3) is 0.800. The van der Waals surface area contributed by atoms with Crippen LogP contribution in [0.15, 0.2) is 4.99 Å². The number of likely N-dealkylation sites (tertiary alicyclic amines) is 1. The van der Waals surface area contributed by atoms with Crippen molar-refractivity contribution in [1.82, 2.24) is 20.9 Å². The minimum Gasteiger partial charge on any atom is -0.359 e. The van der Waals surface area contributed by atoms with E-state index < -0.39 is 0 Å². The average Bonchev–Trinajstić information content (AvgIpc) is 2.48. The zero-order chi connectivity index (χ0) is 16.5. The molecule has 0 radical (unpaired) electrons. The quantitative estimate of drug-likeness (QED) is 0.332. The predicted octanol–water partition coefficient (Wildman–Crippen LogP) is 0.553. The van der Waals surface area contributed by atoms with Gasteiger partial charge in [-0.05, 0) is 32.6 Å². The molecule has 1 heterocycles. The van der Waals surface area contributed by atoms with Gasteiger partial charge in [0.15, 0.2) is 5.96 Å². The number of hydrogen-bond donors (Lipinski definition) is 3. The number of nitrogens with one attached hydrogen (secondary N) is 3. The van der Waals surface area contributed by atoms with E-state index in [0.29, 0.717) is 12.3 Å². The Bertz CT molecular complexity index is 407. The highest BCUT2D eigenvalue weighted by Crippen LogP contribution is 2.20. The number of guanidine groups is 1. The predicted molar refractivity (Wildman–Crippen MR) is 103 cm³/mol. The highest BCUT2D eigenvalue weighted by atomic mass is 127. The van der Waals surface area contributed by atoms with Gasteiger partial charge in [-0.2, -0.15) is 0 Å². The van der Waals surface area contributed by atoms with E-state index in [9.17, 15) is 9.59 Å². The maximum absolute atomic E-state index is 11.7. The van der Waals surface area contributed by atoms with Crippen molar-refractivity contribution in [3.63, 3.8) is 0 Å². The first-order chi connectivity index (χ1) is 10.5. The Morgan fingerprint density at radius 3 is 2.30 bits per heavy atom. The summed E-state index contributed by atoms with van der Waals surface area (Å²) in [7, 11) is 3.39. The largest absolute Gasteiger partial charge is 0.359 e. The molecule has 1 saturated heterocycles. The second kappa shape index (κ2) is 11.5. The number of amides is 2. The van der Waals surface area contributed by atoms with E-state index in [1.165, 1.54) is 0 Å². The van der Waals surface area contributed by atoms with E-state index in [0.717, 1.165) is 31.9 Å². The van der Waals surface area contributed by atoms with Crippen LogP contribution in [0.4, 0.5) is 0 Å². The fourth-order valence-corrected chi connectivity index (χ4v) is 2.58. The molecule has 0 atom stereocenters. The van der Waals surface area contributed by atoms with Gasteiger partial charge in [0.1, 0.15) is 0 Å². The Morgan fingerprint density at radius 2 is 1.83 bits per heavy atom. The molecule has 1 aliphatic rings. The van der Waals surface area contributed by atoms with Gasteiger partial charge in [-0.15, -0.1) is 24.0 Å². The van der Waals surface area contributed by atoms with Gasteiger partial charge in [-0.25, -0.2) is 0 Å². The van der Waals surface area contributed by atoms with Gasteiger partial charge in [0.25, 0.3) is 0 Å². The molecule has 8 heteroatoms. The minimum atomic E-state index is -0.0364. The summed E-state index contributed by atoms with van der Waals surface area (Å²) in [6.07, 6.45) is 2.52. The molecule has 7 nitrogen and oxygen atoms in total. The van der Waals surface area contributed by atoms with Crippen LogP contribution in [0.1, 0.15) is 33.1 Å². The zero-order valence-electron chi connectivity index (χ0n) is 14.5. The Balaban J connectivity index is 0.00000484. The molecule has 1 aliphatic heterocycles. The summed E-state index contributed by atoms with van der Waals surface area (Å²) in [5, 5.41) is 8.61. The molecule has 0 aromatic rings. The third-order valence-corrected chi connectivity index (χ3v) is 3.74. The van der Waals surface area contributed by atoms with Gasteiger partial charge >= 0.3 is 0 Å². The molecule has 2 amide bonds. The number of nitrogens with zero attached hydrogens (tertiary/aromatic N) is 2. The number of aliphatic imine (C=N–C) groups is 1. The lowest BCUT2D eigenvalue weighted by molar-refractivity contribution is -0.122. The summed E-state index contributed by atoms with van der Waals surface area (Å²) < 4.78 is 0. The molecule has 23 heavy (non-hydrogen) atoms. The first-order valence-electron chi connectivity index (χ1n) is 7.91. The van der Waals surface area contributed by atoms with E-state index in [2.05, 4.69) is 25.8 Å². The van der Waals surface area contributed by atoms with Crippen molar-refractivity contribution >= 4 is 41.8 Å². The molecule has 1 rings (SSSR count). The third-order valence-electron chi connectivity index (χ3n) is 3.74. The van der Waals surface area contributed by atoms with Gasteiger partial charge in [0, 0.05) is 39.6 Å². The van der Waals surface area contributed by atoms with Crippen molar-refractivity contribution in [2.45, 2.75) is 39.2 Å². The van der Waals surface area contributed by atoms with Crippen LogP contribution in [0.5, 0.6) is 0 Å². The SMILES string of the molecule is CN=C(NCC(=O)NC(C)C)N1CCC(CC(=O)NC)CC1.I. The van der Waals surface area contributed by atoms with Crippen LogP contribution in [0.25, 0.3) is 0 Å². The first kappa shape index (κ1) is 21.9. The summed E-state index contributed by atoms with van der Waals surface area (Å²) >= 11 is 0. The van der Waals surface area contributed by atoms with E-state index in [1.54, 1.807) is 14.1 Å².